The van der Waals surface area contributed by atoms with Gasteiger partial charge in [0.2, 0.25) is 5.82 Å². The standard InChI is InChI=1S/C14H9F5N2S/c1-22-8-4-2-7(3-5-8)6-20-21-14-12(18)10(16)9(15)11(17)13(14)19/h2-6,21H,1H3/b20-6-. The van der Waals surface area contributed by atoms with E-state index in [4.69, 9.17) is 0 Å². The molecule has 22 heavy (non-hydrogen) atoms. The molecule has 0 radical (unpaired) electrons. The Kier molecular flexibility index (Phi) is 5.02. The van der Waals surface area contributed by atoms with Crippen molar-refractivity contribution in [2.75, 3.05) is 11.7 Å². The predicted octanol–water partition coefficient (Wildman–Crippen LogP) is 4.55. The highest BCUT2D eigenvalue weighted by Gasteiger charge is 2.25. The molecule has 0 saturated heterocycles. The van der Waals surface area contributed by atoms with Crippen molar-refractivity contribution in [3.63, 3.8) is 0 Å². The van der Waals surface area contributed by atoms with Crippen LogP contribution in [0.25, 0.3) is 0 Å². The summed E-state index contributed by atoms with van der Waals surface area (Å²) in [5.74, 6) is -10.2. The molecule has 0 fully saturated rings. The second kappa shape index (κ2) is 6.78. The fourth-order valence-corrected chi connectivity index (χ4v) is 1.97. The van der Waals surface area contributed by atoms with E-state index in [1.54, 1.807) is 24.3 Å². The summed E-state index contributed by atoms with van der Waals surface area (Å²) in [7, 11) is 0. The molecule has 8 heteroatoms. The number of nitrogens with zero attached hydrogens (tertiary/aromatic N) is 1. The van der Waals surface area contributed by atoms with Gasteiger partial charge in [-0.25, -0.2) is 22.0 Å². The van der Waals surface area contributed by atoms with Crippen molar-refractivity contribution in [2.45, 2.75) is 4.90 Å². The largest absolute Gasteiger partial charge is 0.272 e. The van der Waals surface area contributed by atoms with Crippen LogP contribution in [0.3, 0.4) is 0 Å². The number of rotatable bonds is 4. The van der Waals surface area contributed by atoms with Crippen LogP contribution >= 0.6 is 11.8 Å². The number of nitrogens with one attached hydrogen (secondary N) is 1. The van der Waals surface area contributed by atoms with Crippen molar-refractivity contribution >= 4 is 23.7 Å². The van der Waals surface area contributed by atoms with Crippen molar-refractivity contribution in [3.05, 3.63) is 58.9 Å². The molecule has 1 N–H and O–H groups in total. The van der Waals surface area contributed by atoms with Gasteiger partial charge in [-0.3, -0.25) is 5.43 Å². The molecule has 2 nitrogen and oxygen atoms in total. The first-order valence-electron chi connectivity index (χ1n) is 5.90. The van der Waals surface area contributed by atoms with E-state index in [-0.39, 0.29) is 0 Å². The third kappa shape index (κ3) is 3.22. The van der Waals surface area contributed by atoms with Crippen LogP contribution in [-0.2, 0) is 0 Å². The van der Waals surface area contributed by atoms with Gasteiger partial charge in [0.05, 0.1) is 6.21 Å². The zero-order valence-electron chi connectivity index (χ0n) is 11.1. The summed E-state index contributed by atoms with van der Waals surface area (Å²) in [6, 6.07) is 6.97. The third-order valence-electron chi connectivity index (χ3n) is 2.72. The summed E-state index contributed by atoms with van der Waals surface area (Å²) in [5.41, 5.74) is 1.23. The zero-order valence-corrected chi connectivity index (χ0v) is 11.9. The Morgan fingerprint density at radius 3 is 1.86 bits per heavy atom. The van der Waals surface area contributed by atoms with Gasteiger partial charge < -0.3 is 0 Å². The lowest BCUT2D eigenvalue weighted by Crippen LogP contribution is -2.06. The van der Waals surface area contributed by atoms with Crippen molar-refractivity contribution in [3.8, 4) is 0 Å². The van der Waals surface area contributed by atoms with E-state index in [1.165, 1.54) is 18.0 Å². The van der Waals surface area contributed by atoms with Gasteiger partial charge in [-0.1, -0.05) is 12.1 Å². The molecule has 116 valence electrons. The Bertz CT molecular complexity index is 687. The molecule has 0 aliphatic heterocycles. The molecule has 0 saturated carbocycles. The van der Waals surface area contributed by atoms with Gasteiger partial charge in [0.15, 0.2) is 23.3 Å². The average Bonchev–Trinajstić information content (AvgIpc) is 2.55. The lowest BCUT2D eigenvalue weighted by molar-refractivity contribution is 0.381. The number of hydrogen-bond donors (Lipinski definition) is 1. The summed E-state index contributed by atoms with van der Waals surface area (Å²) < 4.78 is 65.6. The highest BCUT2D eigenvalue weighted by Crippen LogP contribution is 2.27. The molecule has 0 bridgehead atoms. The van der Waals surface area contributed by atoms with Crippen LogP contribution in [-0.4, -0.2) is 12.5 Å². The van der Waals surface area contributed by atoms with Gasteiger partial charge in [-0.2, -0.15) is 5.10 Å². The van der Waals surface area contributed by atoms with E-state index in [1.807, 2.05) is 11.7 Å². The summed E-state index contributed by atoms with van der Waals surface area (Å²) in [6.45, 7) is 0. The zero-order chi connectivity index (χ0) is 16.3. The summed E-state index contributed by atoms with van der Waals surface area (Å²) in [4.78, 5) is 1.00. The molecule has 0 aliphatic carbocycles. The molecule has 0 heterocycles. The maximum Gasteiger partial charge on any atom is 0.200 e. The SMILES string of the molecule is CSc1ccc(/C=N\Nc2c(F)c(F)c(F)c(F)c2F)cc1. The van der Waals surface area contributed by atoms with Gasteiger partial charge in [0.1, 0.15) is 5.69 Å². The molecular formula is C14H9F5N2S. The molecule has 0 amide bonds. The quantitative estimate of drug-likeness (QED) is 0.222. The number of benzene rings is 2. The van der Waals surface area contributed by atoms with Crippen LogP contribution in [0.5, 0.6) is 0 Å². The highest BCUT2D eigenvalue weighted by molar-refractivity contribution is 7.98. The van der Waals surface area contributed by atoms with Crippen molar-refractivity contribution in [1.82, 2.24) is 0 Å². The first kappa shape index (κ1) is 16.3. The minimum atomic E-state index is -2.21. The Hall–Kier alpha value is -2.09. The highest BCUT2D eigenvalue weighted by atomic mass is 32.2. The maximum atomic E-state index is 13.4. The van der Waals surface area contributed by atoms with Crippen LogP contribution < -0.4 is 5.43 Å². The number of thioether (sulfide) groups is 1. The lowest BCUT2D eigenvalue weighted by Gasteiger charge is -2.06. The Morgan fingerprint density at radius 1 is 0.864 bits per heavy atom. The van der Waals surface area contributed by atoms with Gasteiger partial charge in [0.25, 0.3) is 0 Å². The number of hydrogen-bond acceptors (Lipinski definition) is 3. The molecule has 0 unspecified atom stereocenters. The van der Waals surface area contributed by atoms with Crippen LogP contribution in [0.1, 0.15) is 5.56 Å². The van der Waals surface area contributed by atoms with E-state index in [0.29, 0.717) is 5.56 Å². The van der Waals surface area contributed by atoms with E-state index in [9.17, 15) is 22.0 Å². The van der Waals surface area contributed by atoms with E-state index < -0.39 is 34.8 Å². The summed E-state index contributed by atoms with van der Waals surface area (Å²) in [6.07, 6.45) is 3.09. The van der Waals surface area contributed by atoms with Crippen molar-refractivity contribution in [2.24, 2.45) is 5.10 Å². The monoisotopic (exact) mass is 332 g/mol. The first-order chi connectivity index (χ1) is 10.5. The Labute approximate surface area is 127 Å². The normalized spacial score (nSPS) is 11.2. The number of hydrazone groups is 1. The van der Waals surface area contributed by atoms with Crippen molar-refractivity contribution < 1.29 is 22.0 Å². The average molecular weight is 332 g/mol. The number of halogens is 5. The minimum absolute atomic E-state index is 0.592. The lowest BCUT2D eigenvalue weighted by atomic mass is 10.2. The molecule has 0 atom stereocenters. The molecule has 2 rings (SSSR count). The minimum Gasteiger partial charge on any atom is -0.272 e. The molecule has 2 aromatic carbocycles. The molecular weight excluding hydrogens is 323 g/mol. The van der Waals surface area contributed by atoms with Gasteiger partial charge in [0, 0.05) is 4.90 Å². The topological polar surface area (TPSA) is 24.4 Å². The van der Waals surface area contributed by atoms with Crippen LogP contribution in [0.15, 0.2) is 34.3 Å². The molecule has 0 aliphatic rings. The maximum absolute atomic E-state index is 13.4. The van der Waals surface area contributed by atoms with Gasteiger partial charge in [-0.05, 0) is 24.0 Å². The van der Waals surface area contributed by atoms with Crippen molar-refractivity contribution in [1.29, 1.82) is 0 Å². The predicted molar refractivity (Wildman–Crippen MR) is 75.7 cm³/mol. The van der Waals surface area contributed by atoms with Crippen LogP contribution in [0.2, 0.25) is 0 Å². The summed E-state index contributed by atoms with van der Waals surface area (Å²) >= 11 is 1.53. The van der Waals surface area contributed by atoms with E-state index >= 15 is 0 Å². The van der Waals surface area contributed by atoms with E-state index in [0.717, 1.165) is 4.90 Å². The van der Waals surface area contributed by atoms with Gasteiger partial charge in [-0.15, -0.1) is 11.8 Å². The van der Waals surface area contributed by atoms with E-state index in [2.05, 4.69) is 5.10 Å². The molecule has 0 spiro atoms. The molecule has 0 aromatic heterocycles. The fraction of sp³-hybridized carbons (Fsp3) is 0.0714. The Morgan fingerprint density at radius 2 is 1.36 bits per heavy atom. The summed E-state index contributed by atoms with van der Waals surface area (Å²) in [5, 5.41) is 3.48. The third-order valence-corrected chi connectivity index (χ3v) is 3.46. The van der Waals surface area contributed by atoms with Gasteiger partial charge >= 0.3 is 0 Å². The fourth-order valence-electron chi connectivity index (χ4n) is 1.56. The van der Waals surface area contributed by atoms with Crippen LogP contribution in [0.4, 0.5) is 27.6 Å². The molecule has 2 aromatic rings. The second-order valence-electron chi connectivity index (χ2n) is 4.09. The van der Waals surface area contributed by atoms with Crippen LogP contribution in [0, 0.1) is 29.1 Å². The Balaban J connectivity index is 2.22. The first-order valence-corrected chi connectivity index (χ1v) is 7.12. The number of anilines is 1. The smallest absolute Gasteiger partial charge is 0.200 e. The second-order valence-corrected chi connectivity index (χ2v) is 4.97.